The van der Waals surface area contributed by atoms with Gasteiger partial charge in [-0.1, -0.05) is 13.8 Å². The lowest BCUT2D eigenvalue weighted by Crippen LogP contribution is -2.17. The number of carbonyl (C=O) groups excluding carboxylic acids is 1. The molecule has 0 fully saturated rings. The molecule has 0 bridgehead atoms. The molecule has 0 aromatic heterocycles. The lowest BCUT2D eigenvalue weighted by Gasteiger charge is -2.03. The highest BCUT2D eigenvalue weighted by Crippen LogP contribution is 2.01. The SMILES string of the molecule is CC(C)CCCNC(=O)Cl. The third-order valence-electron chi connectivity index (χ3n) is 1.22. The van der Waals surface area contributed by atoms with E-state index in [9.17, 15) is 4.79 Å². The second kappa shape index (κ2) is 5.54. The minimum absolute atomic E-state index is 0.455. The Labute approximate surface area is 66.9 Å². The van der Waals surface area contributed by atoms with E-state index in [4.69, 9.17) is 11.6 Å². The summed E-state index contributed by atoms with van der Waals surface area (Å²) in [6.45, 7) is 5.01. The van der Waals surface area contributed by atoms with E-state index < -0.39 is 5.37 Å². The van der Waals surface area contributed by atoms with Crippen molar-refractivity contribution in [2.45, 2.75) is 26.7 Å². The van der Waals surface area contributed by atoms with Crippen LogP contribution in [0.2, 0.25) is 0 Å². The highest BCUT2D eigenvalue weighted by molar-refractivity contribution is 6.62. The molecule has 0 aromatic rings. The molecule has 0 rings (SSSR count). The number of rotatable bonds is 4. The van der Waals surface area contributed by atoms with Crippen molar-refractivity contribution in [1.82, 2.24) is 5.32 Å². The molecule has 0 unspecified atom stereocenters. The Morgan fingerprint density at radius 1 is 1.60 bits per heavy atom. The maximum atomic E-state index is 10.1. The Balaban J connectivity index is 2.98. The Morgan fingerprint density at radius 3 is 2.60 bits per heavy atom. The Bertz CT molecular complexity index is 104. The van der Waals surface area contributed by atoms with Gasteiger partial charge in [-0.25, -0.2) is 0 Å². The summed E-state index contributed by atoms with van der Waals surface area (Å²) >= 11 is 5.04. The van der Waals surface area contributed by atoms with Gasteiger partial charge in [-0.15, -0.1) is 0 Å². The first-order valence-electron chi connectivity index (χ1n) is 3.56. The first-order chi connectivity index (χ1) is 4.63. The zero-order valence-electron chi connectivity index (χ0n) is 6.48. The topological polar surface area (TPSA) is 29.1 Å². The number of nitrogens with one attached hydrogen (secondary N) is 1. The molecule has 0 aliphatic heterocycles. The molecule has 0 atom stereocenters. The summed E-state index contributed by atoms with van der Waals surface area (Å²) in [5.41, 5.74) is 0. The summed E-state index contributed by atoms with van der Waals surface area (Å²) in [6, 6.07) is 0. The molecule has 0 aliphatic rings. The van der Waals surface area contributed by atoms with Crippen LogP contribution >= 0.6 is 11.6 Å². The fourth-order valence-electron chi connectivity index (χ4n) is 0.697. The smallest absolute Gasteiger partial charge is 0.313 e. The van der Waals surface area contributed by atoms with Gasteiger partial charge in [-0.2, -0.15) is 0 Å². The van der Waals surface area contributed by atoms with E-state index in [-0.39, 0.29) is 0 Å². The average molecular weight is 164 g/mol. The lowest BCUT2D eigenvalue weighted by atomic mass is 10.1. The molecule has 0 aromatic carbocycles. The number of halogens is 1. The highest BCUT2D eigenvalue weighted by atomic mass is 35.5. The highest BCUT2D eigenvalue weighted by Gasteiger charge is 1.94. The van der Waals surface area contributed by atoms with Gasteiger partial charge in [-0.05, 0) is 30.4 Å². The van der Waals surface area contributed by atoms with Crippen LogP contribution < -0.4 is 5.32 Å². The summed E-state index contributed by atoms with van der Waals surface area (Å²) in [5.74, 6) is 0.701. The van der Waals surface area contributed by atoms with Crippen LogP contribution in [0.3, 0.4) is 0 Å². The van der Waals surface area contributed by atoms with Crippen molar-refractivity contribution in [3.8, 4) is 0 Å². The van der Waals surface area contributed by atoms with Gasteiger partial charge in [0.25, 0.3) is 0 Å². The molecule has 3 heteroatoms. The van der Waals surface area contributed by atoms with Crippen LogP contribution in [0.4, 0.5) is 4.79 Å². The van der Waals surface area contributed by atoms with Crippen molar-refractivity contribution >= 4 is 17.0 Å². The van der Waals surface area contributed by atoms with Crippen molar-refractivity contribution in [2.75, 3.05) is 6.54 Å². The van der Waals surface area contributed by atoms with Gasteiger partial charge in [0.05, 0.1) is 0 Å². The minimum Gasteiger partial charge on any atom is -0.343 e. The van der Waals surface area contributed by atoms with E-state index >= 15 is 0 Å². The van der Waals surface area contributed by atoms with Crippen LogP contribution in [0.25, 0.3) is 0 Å². The molecular weight excluding hydrogens is 150 g/mol. The van der Waals surface area contributed by atoms with Gasteiger partial charge < -0.3 is 5.32 Å². The van der Waals surface area contributed by atoms with Crippen LogP contribution in [0.1, 0.15) is 26.7 Å². The molecule has 0 saturated heterocycles. The van der Waals surface area contributed by atoms with Crippen molar-refractivity contribution in [1.29, 1.82) is 0 Å². The van der Waals surface area contributed by atoms with Gasteiger partial charge in [0.1, 0.15) is 0 Å². The maximum Gasteiger partial charge on any atom is 0.313 e. The molecule has 60 valence electrons. The summed E-state index contributed by atoms with van der Waals surface area (Å²) in [4.78, 5) is 10.1. The quantitative estimate of drug-likeness (QED) is 0.385. The zero-order valence-corrected chi connectivity index (χ0v) is 7.24. The molecule has 0 saturated carbocycles. The number of hydrogen-bond acceptors (Lipinski definition) is 1. The van der Waals surface area contributed by atoms with Gasteiger partial charge in [0, 0.05) is 6.54 Å². The molecule has 10 heavy (non-hydrogen) atoms. The van der Waals surface area contributed by atoms with E-state index in [1.807, 2.05) is 0 Å². The third-order valence-corrected chi connectivity index (χ3v) is 1.36. The molecule has 2 nitrogen and oxygen atoms in total. The third kappa shape index (κ3) is 7.76. The first-order valence-corrected chi connectivity index (χ1v) is 3.94. The Morgan fingerprint density at radius 2 is 2.20 bits per heavy atom. The van der Waals surface area contributed by atoms with E-state index in [1.54, 1.807) is 0 Å². The molecule has 1 amide bonds. The summed E-state index contributed by atoms with van der Waals surface area (Å²) in [6.07, 6.45) is 2.15. The van der Waals surface area contributed by atoms with E-state index in [1.165, 1.54) is 0 Å². The van der Waals surface area contributed by atoms with Crippen molar-refractivity contribution in [3.05, 3.63) is 0 Å². The fourth-order valence-corrected chi connectivity index (χ4v) is 0.791. The van der Waals surface area contributed by atoms with Crippen LogP contribution in [-0.2, 0) is 0 Å². The molecule has 0 radical (unpaired) electrons. The summed E-state index contributed by atoms with van der Waals surface area (Å²) < 4.78 is 0. The van der Waals surface area contributed by atoms with Crippen LogP contribution in [0, 0.1) is 5.92 Å². The van der Waals surface area contributed by atoms with Crippen molar-refractivity contribution in [2.24, 2.45) is 5.92 Å². The zero-order chi connectivity index (χ0) is 7.98. The van der Waals surface area contributed by atoms with Gasteiger partial charge in [0.2, 0.25) is 0 Å². The normalized spacial score (nSPS) is 10.0. The van der Waals surface area contributed by atoms with Crippen LogP contribution in [-0.4, -0.2) is 11.9 Å². The minimum atomic E-state index is -0.455. The Kier molecular flexibility index (Phi) is 5.40. The molecule has 0 spiro atoms. The van der Waals surface area contributed by atoms with Gasteiger partial charge in [-0.3, -0.25) is 4.79 Å². The van der Waals surface area contributed by atoms with E-state index in [0.29, 0.717) is 12.5 Å². The van der Waals surface area contributed by atoms with Crippen molar-refractivity contribution in [3.63, 3.8) is 0 Å². The standard InChI is InChI=1S/C7H14ClNO/c1-6(2)4-3-5-9-7(8)10/h6H,3-5H2,1-2H3,(H,9,10). The van der Waals surface area contributed by atoms with Gasteiger partial charge >= 0.3 is 5.37 Å². The van der Waals surface area contributed by atoms with Crippen LogP contribution in [0.5, 0.6) is 0 Å². The molecule has 0 aliphatic carbocycles. The summed E-state index contributed by atoms with van der Waals surface area (Å²) in [7, 11) is 0. The molecular formula is C7H14ClNO. The second-order valence-corrected chi connectivity index (χ2v) is 3.08. The monoisotopic (exact) mass is 163 g/mol. The predicted octanol–water partition coefficient (Wildman–Crippen LogP) is 2.37. The maximum absolute atomic E-state index is 10.1. The number of amides is 1. The molecule has 0 heterocycles. The number of hydrogen-bond donors (Lipinski definition) is 1. The first kappa shape index (κ1) is 9.76. The van der Waals surface area contributed by atoms with E-state index in [2.05, 4.69) is 19.2 Å². The van der Waals surface area contributed by atoms with Crippen LogP contribution in [0.15, 0.2) is 0 Å². The van der Waals surface area contributed by atoms with Gasteiger partial charge in [0.15, 0.2) is 0 Å². The number of carbonyl (C=O) groups is 1. The summed E-state index contributed by atoms with van der Waals surface area (Å²) in [5, 5.41) is 2.07. The second-order valence-electron chi connectivity index (χ2n) is 2.74. The molecule has 1 N–H and O–H groups in total. The van der Waals surface area contributed by atoms with Crippen molar-refractivity contribution < 1.29 is 4.79 Å². The predicted molar refractivity (Wildman–Crippen MR) is 43.3 cm³/mol. The lowest BCUT2D eigenvalue weighted by molar-refractivity contribution is 0.259. The largest absolute Gasteiger partial charge is 0.343 e. The average Bonchev–Trinajstić information content (AvgIpc) is 1.79. The Hall–Kier alpha value is -0.240. The fraction of sp³-hybridized carbons (Fsp3) is 0.857. The van der Waals surface area contributed by atoms with E-state index in [0.717, 1.165) is 12.8 Å².